The van der Waals surface area contributed by atoms with Crippen LogP contribution in [0.3, 0.4) is 0 Å². The van der Waals surface area contributed by atoms with Crippen LogP contribution in [-0.2, 0) is 0 Å². The van der Waals surface area contributed by atoms with E-state index in [0.29, 0.717) is 6.61 Å². The zero-order valence-electron chi connectivity index (χ0n) is 8.39. The van der Waals surface area contributed by atoms with E-state index < -0.39 is 0 Å². The van der Waals surface area contributed by atoms with E-state index in [1.54, 1.807) is 0 Å². The van der Waals surface area contributed by atoms with Gasteiger partial charge >= 0.3 is 0 Å². The van der Waals surface area contributed by atoms with Gasteiger partial charge in [-0.05, 0) is 37.2 Å². The van der Waals surface area contributed by atoms with Crippen molar-refractivity contribution in [1.29, 1.82) is 0 Å². The van der Waals surface area contributed by atoms with Gasteiger partial charge in [-0.15, -0.1) is 5.73 Å². The highest BCUT2D eigenvalue weighted by Gasteiger charge is 2.30. The summed E-state index contributed by atoms with van der Waals surface area (Å²) in [5.41, 5.74) is 3.02. The highest BCUT2D eigenvalue weighted by molar-refractivity contribution is 4.86. The smallest absolute Gasteiger partial charge is 0.0487 e. The highest BCUT2D eigenvalue weighted by atomic mass is 16.3. The molecule has 74 valence electrons. The van der Waals surface area contributed by atoms with E-state index >= 15 is 0 Å². The molecule has 13 heavy (non-hydrogen) atoms. The van der Waals surface area contributed by atoms with Crippen LogP contribution in [0.1, 0.15) is 44.9 Å². The van der Waals surface area contributed by atoms with E-state index in [9.17, 15) is 5.11 Å². The number of aliphatic hydroxyl groups excluding tert-OH is 1. The molecule has 1 aliphatic carbocycles. The van der Waals surface area contributed by atoms with E-state index in [4.69, 9.17) is 0 Å². The molecular formula is C12H20O. The first-order valence-electron chi connectivity index (χ1n) is 5.28. The van der Waals surface area contributed by atoms with Gasteiger partial charge in [0.05, 0.1) is 0 Å². The van der Waals surface area contributed by atoms with Crippen molar-refractivity contribution in [3.8, 4) is 0 Å². The first-order valence-corrected chi connectivity index (χ1v) is 5.28. The summed E-state index contributed by atoms with van der Waals surface area (Å²) >= 11 is 0. The Hall–Kier alpha value is -0.520. The molecule has 0 amide bonds. The zero-order valence-corrected chi connectivity index (χ0v) is 8.39. The lowest BCUT2D eigenvalue weighted by molar-refractivity contribution is 0.0744. The molecule has 0 aromatic heterocycles. The molecule has 0 unspecified atom stereocenters. The second-order valence-electron chi connectivity index (χ2n) is 4.17. The molecule has 1 N–H and O–H groups in total. The molecule has 0 spiro atoms. The minimum Gasteiger partial charge on any atom is -0.396 e. The summed E-state index contributed by atoms with van der Waals surface area (Å²) in [4.78, 5) is 0. The number of allylic oxidation sites excluding steroid dienone is 1. The number of hydrogen-bond donors (Lipinski definition) is 1. The molecule has 1 heteroatoms. The van der Waals surface area contributed by atoms with Crippen molar-refractivity contribution in [2.45, 2.75) is 44.9 Å². The molecule has 0 radical (unpaired) electrons. The fourth-order valence-electron chi connectivity index (χ4n) is 2.27. The van der Waals surface area contributed by atoms with Gasteiger partial charge in [-0.3, -0.25) is 0 Å². The molecule has 0 aromatic carbocycles. The van der Waals surface area contributed by atoms with E-state index in [-0.39, 0.29) is 5.41 Å². The Balaban J connectivity index is 2.42. The fraction of sp³-hybridized carbons (Fsp3) is 0.750. The molecule has 0 saturated heterocycles. The Bertz CT molecular complexity index is 183. The Morgan fingerprint density at radius 1 is 1.31 bits per heavy atom. The predicted octanol–water partition coefficient (Wildman–Crippen LogP) is 3.05. The van der Waals surface area contributed by atoms with Gasteiger partial charge in [0, 0.05) is 6.61 Å². The molecule has 1 saturated carbocycles. The van der Waals surface area contributed by atoms with E-state index in [1.807, 2.05) is 6.08 Å². The summed E-state index contributed by atoms with van der Waals surface area (Å²) in [6.07, 6.45) is 10.4. The van der Waals surface area contributed by atoms with Gasteiger partial charge in [-0.2, -0.15) is 0 Å². The quantitative estimate of drug-likeness (QED) is 0.659. The summed E-state index contributed by atoms with van der Waals surface area (Å²) in [6, 6.07) is 0. The van der Waals surface area contributed by atoms with Crippen LogP contribution < -0.4 is 0 Å². The van der Waals surface area contributed by atoms with Crippen LogP contribution in [0.25, 0.3) is 0 Å². The molecule has 0 atom stereocenters. The predicted molar refractivity (Wildman–Crippen MR) is 55.5 cm³/mol. The van der Waals surface area contributed by atoms with Gasteiger partial charge in [-0.25, -0.2) is 0 Å². The number of aliphatic hydroxyl groups is 1. The molecule has 0 bridgehead atoms. The van der Waals surface area contributed by atoms with Gasteiger partial charge in [0.2, 0.25) is 0 Å². The summed E-state index contributed by atoms with van der Waals surface area (Å²) in [5.74, 6) is 0. The van der Waals surface area contributed by atoms with Crippen LogP contribution in [0.2, 0.25) is 0 Å². The minimum absolute atomic E-state index is 0.228. The largest absolute Gasteiger partial charge is 0.396 e. The maximum atomic E-state index is 9.39. The summed E-state index contributed by atoms with van der Waals surface area (Å²) in [6.45, 7) is 3.91. The second kappa shape index (κ2) is 5.26. The lowest BCUT2D eigenvalue weighted by Gasteiger charge is -2.35. The molecule has 0 aromatic rings. The van der Waals surface area contributed by atoms with Gasteiger partial charge in [-0.1, -0.05) is 25.8 Å². The fourth-order valence-corrected chi connectivity index (χ4v) is 2.27. The third-order valence-electron chi connectivity index (χ3n) is 3.21. The topological polar surface area (TPSA) is 20.2 Å². The van der Waals surface area contributed by atoms with Crippen LogP contribution in [0, 0.1) is 5.41 Å². The van der Waals surface area contributed by atoms with Crippen molar-refractivity contribution >= 4 is 0 Å². The summed E-state index contributed by atoms with van der Waals surface area (Å²) < 4.78 is 0. The van der Waals surface area contributed by atoms with Crippen LogP contribution in [-0.4, -0.2) is 11.7 Å². The van der Waals surface area contributed by atoms with Gasteiger partial charge in [0.15, 0.2) is 0 Å². The Morgan fingerprint density at radius 3 is 2.54 bits per heavy atom. The standard InChI is InChI=1S/C12H20O/c1-2-3-5-8-12(11-13)9-6-4-7-10-12/h3,13H,1,4-11H2. The van der Waals surface area contributed by atoms with Gasteiger partial charge in [0.25, 0.3) is 0 Å². The van der Waals surface area contributed by atoms with Crippen LogP contribution in [0.5, 0.6) is 0 Å². The molecule has 1 nitrogen and oxygen atoms in total. The van der Waals surface area contributed by atoms with Crippen molar-refractivity contribution in [2.24, 2.45) is 5.41 Å². The van der Waals surface area contributed by atoms with Gasteiger partial charge in [0.1, 0.15) is 0 Å². The van der Waals surface area contributed by atoms with Crippen molar-refractivity contribution in [2.75, 3.05) is 6.61 Å². The maximum absolute atomic E-state index is 9.39. The number of hydrogen-bond acceptors (Lipinski definition) is 1. The second-order valence-corrected chi connectivity index (χ2v) is 4.17. The molecule has 1 aliphatic rings. The normalized spacial score (nSPS) is 20.7. The molecular weight excluding hydrogens is 160 g/mol. The lowest BCUT2D eigenvalue weighted by Crippen LogP contribution is -2.27. The molecule has 1 fully saturated rings. The van der Waals surface area contributed by atoms with Crippen molar-refractivity contribution in [3.05, 3.63) is 18.4 Å². The van der Waals surface area contributed by atoms with E-state index in [2.05, 4.69) is 12.3 Å². The Morgan fingerprint density at radius 2 is 2.00 bits per heavy atom. The van der Waals surface area contributed by atoms with Crippen molar-refractivity contribution in [1.82, 2.24) is 0 Å². The molecule has 0 aliphatic heterocycles. The van der Waals surface area contributed by atoms with E-state index in [1.165, 1.54) is 32.1 Å². The minimum atomic E-state index is 0.228. The number of rotatable bonds is 4. The monoisotopic (exact) mass is 180 g/mol. The summed E-state index contributed by atoms with van der Waals surface area (Å²) in [5, 5.41) is 9.39. The van der Waals surface area contributed by atoms with Crippen molar-refractivity contribution in [3.63, 3.8) is 0 Å². The molecule has 1 rings (SSSR count). The summed E-state index contributed by atoms with van der Waals surface area (Å²) in [7, 11) is 0. The third-order valence-corrected chi connectivity index (χ3v) is 3.21. The average molecular weight is 180 g/mol. The first-order chi connectivity index (χ1) is 6.33. The van der Waals surface area contributed by atoms with Crippen molar-refractivity contribution < 1.29 is 5.11 Å². The molecule has 0 heterocycles. The maximum Gasteiger partial charge on any atom is 0.0487 e. The van der Waals surface area contributed by atoms with Gasteiger partial charge < -0.3 is 5.11 Å². The van der Waals surface area contributed by atoms with Crippen LogP contribution in [0.4, 0.5) is 0 Å². The Labute approximate surface area is 81.2 Å². The zero-order chi connectivity index (χ0) is 9.57. The lowest BCUT2D eigenvalue weighted by atomic mass is 9.72. The van der Waals surface area contributed by atoms with Crippen LogP contribution >= 0.6 is 0 Å². The van der Waals surface area contributed by atoms with Crippen LogP contribution in [0.15, 0.2) is 18.4 Å². The first kappa shape index (κ1) is 10.6. The highest BCUT2D eigenvalue weighted by Crippen LogP contribution is 2.39. The average Bonchev–Trinajstić information content (AvgIpc) is 2.20. The van der Waals surface area contributed by atoms with E-state index in [0.717, 1.165) is 12.8 Å². The SMILES string of the molecule is C=C=CCCC1(CO)CCCCC1. The third kappa shape index (κ3) is 3.02. The Kier molecular flexibility index (Phi) is 4.27.